The van der Waals surface area contributed by atoms with Crippen LogP contribution < -0.4 is 10.1 Å². The summed E-state index contributed by atoms with van der Waals surface area (Å²) in [5.74, 6) is 0.849. The summed E-state index contributed by atoms with van der Waals surface area (Å²) in [5.41, 5.74) is 1.14. The van der Waals surface area contributed by atoms with Gasteiger partial charge in [0.15, 0.2) is 0 Å². The van der Waals surface area contributed by atoms with Crippen LogP contribution in [-0.2, 0) is 4.74 Å². The molecule has 15 heavy (non-hydrogen) atoms. The Morgan fingerprint density at radius 3 is 3.07 bits per heavy atom. The molecule has 4 heteroatoms. The lowest BCUT2D eigenvalue weighted by molar-refractivity contribution is 0.0271. The number of rotatable bonds is 2. The molecule has 0 amide bonds. The predicted molar refractivity (Wildman–Crippen MR) is 62.3 cm³/mol. The van der Waals surface area contributed by atoms with E-state index < -0.39 is 0 Å². The minimum atomic E-state index is 0.114. The van der Waals surface area contributed by atoms with Crippen molar-refractivity contribution in [3.63, 3.8) is 0 Å². The van der Waals surface area contributed by atoms with Gasteiger partial charge in [0.25, 0.3) is 0 Å². The maximum absolute atomic E-state index is 5.70. The van der Waals surface area contributed by atoms with Crippen molar-refractivity contribution in [3.8, 4) is 5.75 Å². The second kappa shape index (κ2) is 4.96. The molecule has 1 atom stereocenters. The van der Waals surface area contributed by atoms with Crippen molar-refractivity contribution in [1.82, 2.24) is 5.32 Å². The van der Waals surface area contributed by atoms with Crippen LogP contribution in [0.4, 0.5) is 0 Å². The van der Waals surface area contributed by atoms with Crippen molar-refractivity contribution >= 4 is 15.9 Å². The number of hydrogen-bond donors (Lipinski definition) is 1. The van der Waals surface area contributed by atoms with E-state index in [0.717, 1.165) is 35.5 Å². The molecule has 1 aliphatic heterocycles. The fourth-order valence-corrected chi connectivity index (χ4v) is 2.38. The zero-order chi connectivity index (χ0) is 10.7. The molecule has 1 aromatic rings. The molecule has 1 saturated heterocycles. The molecule has 0 saturated carbocycles. The van der Waals surface area contributed by atoms with Crippen LogP contribution in [-0.4, -0.2) is 26.8 Å². The average molecular weight is 272 g/mol. The van der Waals surface area contributed by atoms with Gasteiger partial charge in [-0.05, 0) is 27.6 Å². The zero-order valence-electron chi connectivity index (χ0n) is 8.63. The molecular weight excluding hydrogens is 258 g/mol. The molecule has 0 aromatic heterocycles. The molecule has 1 aromatic carbocycles. The molecule has 1 heterocycles. The summed E-state index contributed by atoms with van der Waals surface area (Å²) >= 11 is 3.54. The van der Waals surface area contributed by atoms with Crippen LogP contribution in [0.2, 0.25) is 0 Å². The first-order valence-electron chi connectivity index (χ1n) is 4.97. The lowest BCUT2D eigenvalue weighted by Gasteiger charge is -2.25. The van der Waals surface area contributed by atoms with Gasteiger partial charge in [-0.15, -0.1) is 0 Å². The zero-order valence-corrected chi connectivity index (χ0v) is 10.2. The van der Waals surface area contributed by atoms with Crippen molar-refractivity contribution in [1.29, 1.82) is 0 Å². The smallest absolute Gasteiger partial charge is 0.133 e. The molecule has 1 aliphatic rings. The maximum Gasteiger partial charge on any atom is 0.133 e. The molecule has 0 aliphatic carbocycles. The molecular formula is C11H14BrNO2. The van der Waals surface area contributed by atoms with Gasteiger partial charge in [-0.1, -0.05) is 12.1 Å². The third-order valence-electron chi connectivity index (χ3n) is 2.49. The van der Waals surface area contributed by atoms with E-state index in [9.17, 15) is 0 Å². The summed E-state index contributed by atoms with van der Waals surface area (Å²) in [6.45, 7) is 2.54. The van der Waals surface area contributed by atoms with Crippen molar-refractivity contribution in [2.45, 2.75) is 6.10 Å². The fraction of sp³-hybridized carbons (Fsp3) is 0.455. The van der Waals surface area contributed by atoms with Crippen LogP contribution >= 0.6 is 15.9 Å². The Labute approximate surface area is 97.9 Å². The second-order valence-corrected chi connectivity index (χ2v) is 4.22. The molecule has 0 bridgehead atoms. The van der Waals surface area contributed by atoms with E-state index in [0.29, 0.717) is 0 Å². The van der Waals surface area contributed by atoms with Gasteiger partial charge in [-0.2, -0.15) is 0 Å². The Morgan fingerprint density at radius 2 is 2.40 bits per heavy atom. The highest BCUT2D eigenvalue weighted by atomic mass is 79.9. The van der Waals surface area contributed by atoms with E-state index in [4.69, 9.17) is 9.47 Å². The van der Waals surface area contributed by atoms with Gasteiger partial charge in [-0.25, -0.2) is 0 Å². The average Bonchev–Trinajstić information content (AvgIpc) is 2.30. The van der Waals surface area contributed by atoms with Crippen molar-refractivity contribution in [2.75, 3.05) is 26.8 Å². The third-order valence-corrected chi connectivity index (χ3v) is 3.34. The summed E-state index contributed by atoms with van der Waals surface area (Å²) in [4.78, 5) is 0. The lowest BCUT2D eigenvalue weighted by atomic mass is 10.1. The first-order chi connectivity index (χ1) is 7.33. The molecule has 2 rings (SSSR count). The minimum Gasteiger partial charge on any atom is -0.496 e. The van der Waals surface area contributed by atoms with Gasteiger partial charge in [0, 0.05) is 13.1 Å². The Hall–Kier alpha value is -0.580. The van der Waals surface area contributed by atoms with Crippen LogP contribution in [0.15, 0.2) is 22.7 Å². The first kappa shape index (κ1) is 10.9. The number of halogens is 1. The van der Waals surface area contributed by atoms with E-state index in [-0.39, 0.29) is 6.10 Å². The minimum absolute atomic E-state index is 0.114. The predicted octanol–water partition coefficient (Wildman–Crippen LogP) is 2.12. The highest BCUT2D eigenvalue weighted by Crippen LogP contribution is 2.33. The molecule has 1 unspecified atom stereocenters. The highest BCUT2D eigenvalue weighted by molar-refractivity contribution is 9.10. The van der Waals surface area contributed by atoms with E-state index in [2.05, 4.69) is 27.3 Å². The van der Waals surface area contributed by atoms with Crippen LogP contribution in [0.1, 0.15) is 11.7 Å². The van der Waals surface area contributed by atoms with Gasteiger partial charge < -0.3 is 14.8 Å². The Bertz CT molecular complexity index is 337. The summed E-state index contributed by atoms with van der Waals surface area (Å²) in [6, 6.07) is 5.98. The van der Waals surface area contributed by atoms with Gasteiger partial charge in [-0.3, -0.25) is 0 Å². The summed E-state index contributed by atoms with van der Waals surface area (Å²) in [7, 11) is 1.67. The molecule has 1 fully saturated rings. The van der Waals surface area contributed by atoms with Crippen molar-refractivity contribution in [3.05, 3.63) is 28.2 Å². The van der Waals surface area contributed by atoms with Crippen molar-refractivity contribution in [2.24, 2.45) is 0 Å². The van der Waals surface area contributed by atoms with Crippen LogP contribution in [0.3, 0.4) is 0 Å². The van der Waals surface area contributed by atoms with Gasteiger partial charge in [0.05, 0.1) is 24.3 Å². The fourth-order valence-electron chi connectivity index (χ4n) is 1.70. The SMILES string of the molecule is COc1cccc(C2CNCCO2)c1Br. The standard InChI is InChI=1S/C11H14BrNO2/c1-14-9-4-2-3-8(11(9)12)10-7-13-5-6-15-10/h2-4,10,13H,5-7H2,1H3. The molecule has 0 spiro atoms. The van der Waals surface area contributed by atoms with Gasteiger partial charge in [0.2, 0.25) is 0 Å². The van der Waals surface area contributed by atoms with E-state index in [1.807, 2.05) is 12.1 Å². The monoisotopic (exact) mass is 271 g/mol. The number of benzene rings is 1. The normalized spacial score (nSPS) is 21.3. The first-order valence-corrected chi connectivity index (χ1v) is 5.77. The summed E-state index contributed by atoms with van der Waals surface area (Å²) in [6.07, 6.45) is 0.114. The number of nitrogens with one attached hydrogen (secondary N) is 1. The number of hydrogen-bond acceptors (Lipinski definition) is 3. The largest absolute Gasteiger partial charge is 0.496 e. The molecule has 3 nitrogen and oxygen atoms in total. The van der Waals surface area contributed by atoms with Crippen LogP contribution in [0.5, 0.6) is 5.75 Å². The Kier molecular flexibility index (Phi) is 3.61. The van der Waals surface area contributed by atoms with E-state index >= 15 is 0 Å². The Balaban J connectivity index is 2.26. The molecule has 82 valence electrons. The van der Waals surface area contributed by atoms with Gasteiger partial charge in [0.1, 0.15) is 5.75 Å². The van der Waals surface area contributed by atoms with E-state index in [1.54, 1.807) is 7.11 Å². The summed E-state index contributed by atoms with van der Waals surface area (Å²) in [5, 5.41) is 3.31. The number of methoxy groups -OCH3 is 1. The second-order valence-electron chi connectivity index (χ2n) is 3.43. The van der Waals surface area contributed by atoms with E-state index in [1.165, 1.54) is 0 Å². The van der Waals surface area contributed by atoms with Crippen LogP contribution in [0.25, 0.3) is 0 Å². The number of morpholine rings is 1. The molecule has 0 radical (unpaired) electrons. The quantitative estimate of drug-likeness (QED) is 0.894. The Morgan fingerprint density at radius 1 is 1.53 bits per heavy atom. The lowest BCUT2D eigenvalue weighted by Crippen LogP contribution is -2.33. The topological polar surface area (TPSA) is 30.5 Å². The van der Waals surface area contributed by atoms with Gasteiger partial charge >= 0.3 is 0 Å². The summed E-state index contributed by atoms with van der Waals surface area (Å²) < 4.78 is 11.9. The maximum atomic E-state index is 5.70. The number of ether oxygens (including phenoxy) is 2. The molecule has 1 N–H and O–H groups in total. The third kappa shape index (κ3) is 2.33. The van der Waals surface area contributed by atoms with Crippen LogP contribution in [0, 0.1) is 0 Å². The highest BCUT2D eigenvalue weighted by Gasteiger charge is 2.19. The van der Waals surface area contributed by atoms with Crippen molar-refractivity contribution < 1.29 is 9.47 Å².